The van der Waals surface area contributed by atoms with E-state index in [2.05, 4.69) is 0 Å². The fraction of sp³-hybridized carbons (Fsp3) is 0.160. The van der Waals surface area contributed by atoms with E-state index < -0.39 is 9.85 Å². The zero-order chi connectivity index (χ0) is 23.1. The number of Topliss-reactive ketones (excluding diaryl/α,β-unsaturated/α-hetero) is 1. The molecule has 1 aliphatic rings. The summed E-state index contributed by atoms with van der Waals surface area (Å²) < 4.78 is 0. The third kappa shape index (κ3) is 5.31. The van der Waals surface area contributed by atoms with Gasteiger partial charge < -0.3 is 0 Å². The highest BCUT2D eigenvalue weighted by Gasteiger charge is 2.25. The lowest BCUT2D eigenvalue weighted by molar-refractivity contribution is -0.385. The molecule has 0 heterocycles. The predicted octanol–water partition coefficient (Wildman–Crippen LogP) is 6.08. The van der Waals surface area contributed by atoms with Crippen LogP contribution in [0, 0.1) is 26.1 Å². The Morgan fingerprint density at radius 3 is 1.88 bits per heavy atom. The summed E-state index contributed by atoms with van der Waals surface area (Å²) >= 11 is 0. The topological polar surface area (TPSA) is 103 Å². The zero-order valence-electron chi connectivity index (χ0n) is 17.5. The number of nitrogens with zero attached hydrogens (tertiary/aromatic N) is 2. The Morgan fingerprint density at radius 1 is 0.844 bits per heavy atom. The standard InChI is InChI=1S/C25H22N2O5/c1-18-16-17-21(12-6-10-19-8-2-4-14-23(19)26(29)30)25(28)22(18)13-7-11-20-9-3-5-15-24(20)27(31)32/h2-15,18H,16-17H2,1H3/b10-6+,11-7+,21-12+,22-13+/t18-/m0/s1. The molecule has 0 radical (unpaired) electrons. The first kappa shape index (κ1) is 22.6. The summed E-state index contributed by atoms with van der Waals surface area (Å²) in [7, 11) is 0. The van der Waals surface area contributed by atoms with Crippen LogP contribution in [0.1, 0.15) is 30.9 Å². The van der Waals surface area contributed by atoms with Gasteiger partial charge in [-0.25, -0.2) is 0 Å². The van der Waals surface area contributed by atoms with Crippen molar-refractivity contribution in [1.82, 2.24) is 0 Å². The molecule has 0 N–H and O–H groups in total. The first-order valence-electron chi connectivity index (χ1n) is 10.2. The third-order valence-corrected chi connectivity index (χ3v) is 5.32. The fourth-order valence-corrected chi connectivity index (χ4v) is 3.56. The van der Waals surface area contributed by atoms with Crippen LogP contribution < -0.4 is 0 Å². The Morgan fingerprint density at radius 2 is 1.34 bits per heavy atom. The number of rotatable bonds is 6. The van der Waals surface area contributed by atoms with E-state index in [1.807, 2.05) is 6.92 Å². The third-order valence-electron chi connectivity index (χ3n) is 5.32. The summed E-state index contributed by atoms with van der Waals surface area (Å²) in [5, 5.41) is 22.3. The molecule has 2 aromatic carbocycles. The minimum Gasteiger partial charge on any atom is -0.289 e. The highest BCUT2D eigenvalue weighted by atomic mass is 16.6. The summed E-state index contributed by atoms with van der Waals surface area (Å²) in [6, 6.07) is 12.8. The Balaban J connectivity index is 1.81. The molecule has 1 fully saturated rings. The minimum absolute atomic E-state index is 0.00546. The van der Waals surface area contributed by atoms with Crippen molar-refractivity contribution in [2.75, 3.05) is 0 Å². The van der Waals surface area contributed by atoms with E-state index in [0.29, 0.717) is 28.7 Å². The number of ketones is 1. The summed E-state index contributed by atoms with van der Waals surface area (Å²) in [6.07, 6.45) is 11.4. The summed E-state index contributed by atoms with van der Waals surface area (Å²) in [4.78, 5) is 34.3. The van der Waals surface area contributed by atoms with Crippen molar-refractivity contribution in [2.45, 2.75) is 19.8 Å². The average molecular weight is 430 g/mol. The Hall–Kier alpha value is -4.13. The van der Waals surface area contributed by atoms with Crippen molar-refractivity contribution < 1.29 is 14.6 Å². The smallest absolute Gasteiger partial charge is 0.276 e. The van der Waals surface area contributed by atoms with E-state index >= 15 is 0 Å². The van der Waals surface area contributed by atoms with Crippen LogP contribution in [0.3, 0.4) is 0 Å². The van der Waals surface area contributed by atoms with E-state index in [-0.39, 0.29) is 23.1 Å². The lowest BCUT2D eigenvalue weighted by atomic mass is 9.81. The van der Waals surface area contributed by atoms with Crippen LogP contribution in [-0.4, -0.2) is 15.6 Å². The summed E-state index contributed by atoms with van der Waals surface area (Å²) in [6.45, 7) is 1.97. The van der Waals surface area contributed by atoms with Gasteiger partial charge in [-0.1, -0.05) is 55.5 Å². The molecular formula is C25H22N2O5. The second-order valence-corrected chi connectivity index (χ2v) is 7.43. The molecule has 7 heteroatoms. The zero-order valence-corrected chi connectivity index (χ0v) is 17.5. The molecule has 1 atom stereocenters. The van der Waals surface area contributed by atoms with Gasteiger partial charge in [0.05, 0.1) is 21.0 Å². The molecule has 7 nitrogen and oxygen atoms in total. The van der Waals surface area contributed by atoms with Crippen LogP contribution in [0.2, 0.25) is 0 Å². The maximum atomic E-state index is 13.0. The SMILES string of the molecule is C[C@H]1CC/C(=C\C=C\c2ccccc2[N+](=O)[O-])C(=O)/C1=C/C=C/c1ccccc1[N+](=O)[O-]. The molecule has 0 amide bonds. The molecule has 0 saturated heterocycles. The highest BCUT2D eigenvalue weighted by Crippen LogP contribution is 2.30. The molecule has 0 unspecified atom stereocenters. The molecule has 162 valence electrons. The van der Waals surface area contributed by atoms with Crippen molar-refractivity contribution in [1.29, 1.82) is 0 Å². The molecule has 0 aromatic heterocycles. The largest absolute Gasteiger partial charge is 0.289 e. The quantitative estimate of drug-likeness (QED) is 0.314. The van der Waals surface area contributed by atoms with Gasteiger partial charge in [0.2, 0.25) is 0 Å². The number of hydrogen-bond acceptors (Lipinski definition) is 5. The van der Waals surface area contributed by atoms with Gasteiger partial charge in [-0.15, -0.1) is 0 Å². The van der Waals surface area contributed by atoms with E-state index in [4.69, 9.17) is 0 Å². The van der Waals surface area contributed by atoms with Crippen molar-refractivity contribution in [3.63, 3.8) is 0 Å². The first-order chi connectivity index (χ1) is 15.4. The fourth-order valence-electron chi connectivity index (χ4n) is 3.56. The van der Waals surface area contributed by atoms with Gasteiger partial charge in [0.15, 0.2) is 5.78 Å². The van der Waals surface area contributed by atoms with E-state index in [1.54, 1.807) is 72.9 Å². The second-order valence-electron chi connectivity index (χ2n) is 7.43. The maximum Gasteiger partial charge on any atom is 0.276 e. The van der Waals surface area contributed by atoms with Gasteiger partial charge in [-0.2, -0.15) is 0 Å². The van der Waals surface area contributed by atoms with Gasteiger partial charge >= 0.3 is 0 Å². The molecule has 1 saturated carbocycles. The lowest BCUT2D eigenvalue weighted by Crippen LogP contribution is -2.19. The number of benzene rings is 2. The van der Waals surface area contributed by atoms with E-state index in [0.717, 1.165) is 6.42 Å². The van der Waals surface area contributed by atoms with Crippen LogP contribution >= 0.6 is 0 Å². The molecule has 1 aliphatic carbocycles. The van der Waals surface area contributed by atoms with E-state index in [1.165, 1.54) is 12.1 Å². The molecule has 0 aliphatic heterocycles. The van der Waals surface area contributed by atoms with Crippen molar-refractivity contribution in [3.05, 3.63) is 115 Å². The van der Waals surface area contributed by atoms with Crippen LogP contribution in [0.25, 0.3) is 12.2 Å². The number of carbonyl (C=O) groups excluding carboxylic acids is 1. The van der Waals surface area contributed by atoms with Crippen molar-refractivity contribution >= 4 is 29.3 Å². The number of nitro groups is 2. The van der Waals surface area contributed by atoms with Crippen LogP contribution in [0.4, 0.5) is 11.4 Å². The number of nitro benzene ring substituents is 2. The minimum atomic E-state index is -0.440. The molecule has 0 spiro atoms. The van der Waals surface area contributed by atoms with Gasteiger partial charge in [0.1, 0.15) is 0 Å². The van der Waals surface area contributed by atoms with Crippen molar-refractivity contribution in [2.24, 2.45) is 5.92 Å². The Bertz CT molecular complexity index is 1170. The van der Waals surface area contributed by atoms with Gasteiger partial charge in [0.25, 0.3) is 11.4 Å². The van der Waals surface area contributed by atoms with Gasteiger partial charge in [0, 0.05) is 17.7 Å². The Labute approximate surface area is 185 Å². The number of allylic oxidation sites excluding steroid dienone is 6. The second kappa shape index (κ2) is 10.3. The maximum absolute atomic E-state index is 13.0. The number of para-hydroxylation sites is 2. The first-order valence-corrected chi connectivity index (χ1v) is 10.2. The molecule has 0 bridgehead atoms. The van der Waals surface area contributed by atoms with Gasteiger partial charge in [-0.3, -0.25) is 25.0 Å². The van der Waals surface area contributed by atoms with Crippen LogP contribution in [0.5, 0.6) is 0 Å². The lowest BCUT2D eigenvalue weighted by Gasteiger charge is -2.22. The highest BCUT2D eigenvalue weighted by molar-refractivity contribution is 6.09. The summed E-state index contributed by atoms with van der Waals surface area (Å²) in [5.41, 5.74) is 2.21. The van der Waals surface area contributed by atoms with E-state index in [9.17, 15) is 25.0 Å². The number of hydrogen-bond donors (Lipinski definition) is 0. The van der Waals surface area contributed by atoms with Crippen molar-refractivity contribution in [3.8, 4) is 0 Å². The van der Waals surface area contributed by atoms with Crippen LogP contribution in [-0.2, 0) is 4.79 Å². The average Bonchev–Trinajstić information content (AvgIpc) is 2.78. The molecular weight excluding hydrogens is 408 g/mol. The molecule has 3 rings (SSSR count). The molecule has 32 heavy (non-hydrogen) atoms. The molecule has 2 aromatic rings. The summed E-state index contributed by atoms with van der Waals surface area (Å²) in [5.74, 6) is -0.0163. The normalized spacial score (nSPS) is 19.3. The predicted molar refractivity (Wildman–Crippen MR) is 124 cm³/mol. The monoisotopic (exact) mass is 430 g/mol. The number of carbonyl (C=O) groups is 1. The van der Waals surface area contributed by atoms with Gasteiger partial charge in [-0.05, 0) is 48.6 Å². The Kier molecular flexibility index (Phi) is 7.23. The van der Waals surface area contributed by atoms with Crippen LogP contribution in [0.15, 0.2) is 84.0 Å².